The summed E-state index contributed by atoms with van der Waals surface area (Å²) in [6.45, 7) is 4.55. The lowest BCUT2D eigenvalue weighted by molar-refractivity contribution is -0.000876. The molecule has 2 aliphatic carbocycles. The molecule has 106 valence electrons. The summed E-state index contributed by atoms with van der Waals surface area (Å²) in [5.74, 6) is 0.507. The average Bonchev–Trinajstić information content (AvgIpc) is 2.44. The van der Waals surface area contributed by atoms with E-state index < -0.39 is 0 Å². The Morgan fingerprint density at radius 1 is 1.25 bits per heavy atom. The molecule has 0 unspecified atom stereocenters. The zero-order valence-electron chi connectivity index (χ0n) is 12.5. The van der Waals surface area contributed by atoms with E-state index in [1.54, 1.807) is 0 Å². The summed E-state index contributed by atoms with van der Waals surface area (Å²) in [5.41, 5.74) is 4.13. The van der Waals surface area contributed by atoms with Gasteiger partial charge in [0.25, 0.3) is 0 Å². The Bertz CT molecular complexity index is 540. The summed E-state index contributed by atoms with van der Waals surface area (Å²) in [4.78, 5) is 0. The molecule has 0 saturated heterocycles. The van der Waals surface area contributed by atoms with E-state index in [0.29, 0.717) is 5.92 Å². The third-order valence-electron chi connectivity index (χ3n) is 5.38. The monoisotopic (exact) mass is 268 g/mol. The number of aliphatic hydroxyl groups excluding tert-OH is 1. The molecule has 3 rings (SSSR count). The Kier molecular flexibility index (Phi) is 3.55. The van der Waals surface area contributed by atoms with Crippen LogP contribution in [0.1, 0.15) is 45.1 Å². The number of aliphatic hydroxyl groups is 1. The molecule has 0 radical (unpaired) electrons. The van der Waals surface area contributed by atoms with E-state index in [1.165, 1.54) is 16.7 Å². The summed E-state index contributed by atoms with van der Waals surface area (Å²) in [6, 6.07) is 10.5. The predicted octanol–water partition coefficient (Wildman–Crippen LogP) is 4.59. The van der Waals surface area contributed by atoms with Crippen LogP contribution in [0, 0.1) is 11.3 Å². The summed E-state index contributed by atoms with van der Waals surface area (Å²) >= 11 is 0. The van der Waals surface area contributed by atoms with E-state index in [4.69, 9.17) is 0 Å². The van der Waals surface area contributed by atoms with Gasteiger partial charge in [0.2, 0.25) is 0 Å². The Hall–Kier alpha value is -1.34. The summed E-state index contributed by atoms with van der Waals surface area (Å²) < 4.78 is 0. The topological polar surface area (TPSA) is 20.2 Å². The molecule has 1 fully saturated rings. The first-order valence-corrected chi connectivity index (χ1v) is 7.75. The van der Waals surface area contributed by atoms with Gasteiger partial charge in [0.15, 0.2) is 0 Å². The molecular formula is C19H24O. The van der Waals surface area contributed by atoms with E-state index in [-0.39, 0.29) is 11.5 Å². The van der Waals surface area contributed by atoms with Crippen molar-refractivity contribution in [3.8, 4) is 0 Å². The zero-order valence-corrected chi connectivity index (χ0v) is 12.5. The summed E-state index contributed by atoms with van der Waals surface area (Å²) in [7, 11) is 0. The molecule has 2 aliphatic rings. The van der Waals surface area contributed by atoms with Crippen molar-refractivity contribution in [1.82, 2.24) is 0 Å². The van der Waals surface area contributed by atoms with Crippen LogP contribution in [0.4, 0.5) is 0 Å². The van der Waals surface area contributed by atoms with Gasteiger partial charge < -0.3 is 5.11 Å². The minimum atomic E-state index is -0.171. The van der Waals surface area contributed by atoms with Crippen molar-refractivity contribution in [3.05, 3.63) is 53.1 Å². The lowest BCUT2D eigenvalue weighted by Crippen LogP contribution is -2.44. The molecular weight excluding hydrogens is 244 g/mol. The number of benzene rings is 1. The molecule has 0 aliphatic heterocycles. The largest absolute Gasteiger partial charge is 0.392 e. The number of hydrogen-bond donors (Lipinski definition) is 1. The second-order valence-corrected chi connectivity index (χ2v) is 6.60. The van der Waals surface area contributed by atoms with Gasteiger partial charge in [-0.25, -0.2) is 0 Å². The van der Waals surface area contributed by atoms with Crippen molar-refractivity contribution >= 4 is 6.08 Å². The minimum Gasteiger partial charge on any atom is -0.392 e. The Morgan fingerprint density at radius 3 is 2.75 bits per heavy atom. The van der Waals surface area contributed by atoms with Gasteiger partial charge in [-0.1, -0.05) is 61.9 Å². The highest BCUT2D eigenvalue weighted by Crippen LogP contribution is 2.51. The van der Waals surface area contributed by atoms with Crippen molar-refractivity contribution in [1.29, 1.82) is 0 Å². The maximum atomic E-state index is 10.4. The quantitative estimate of drug-likeness (QED) is 0.790. The minimum absolute atomic E-state index is 0.00766. The molecule has 3 atom stereocenters. The van der Waals surface area contributed by atoms with Crippen molar-refractivity contribution < 1.29 is 5.11 Å². The van der Waals surface area contributed by atoms with Gasteiger partial charge in [0.05, 0.1) is 6.10 Å². The van der Waals surface area contributed by atoms with E-state index in [0.717, 1.165) is 25.7 Å². The maximum Gasteiger partial charge on any atom is 0.0633 e. The van der Waals surface area contributed by atoms with Gasteiger partial charge in [0.1, 0.15) is 0 Å². The molecule has 20 heavy (non-hydrogen) atoms. The van der Waals surface area contributed by atoms with Crippen molar-refractivity contribution in [2.75, 3.05) is 0 Å². The Labute approximate surface area is 122 Å². The first-order chi connectivity index (χ1) is 9.60. The number of rotatable bonds is 1. The maximum absolute atomic E-state index is 10.4. The van der Waals surface area contributed by atoms with E-state index >= 15 is 0 Å². The molecule has 1 saturated carbocycles. The van der Waals surface area contributed by atoms with Crippen LogP contribution in [0.5, 0.6) is 0 Å². The van der Waals surface area contributed by atoms with Gasteiger partial charge in [-0.3, -0.25) is 0 Å². The third kappa shape index (κ3) is 2.25. The molecule has 0 amide bonds. The summed E-state index contributed by atoms with van der Waals surface area (Å²) in [6.07, 6.45) is 8.76. The van der Waals surface area contributed by atoms with Crippen LogP contribution in [-0.2, 0) is 0 Å². The molecule has 1 aromatic rings. The molecule has 1 N–H and O–H groups in total. The van der Waals surface area contributed by atoms with Crippen LogP contribution in [0.25, 0.3) is 6.08 Å². The van der Waals surface area contributed by atoms with Crippen LogP contribution in [0.15, 0.2) is 47.6 Å². The third-order valence-corrected chi connectivity index (χ3v) is 5.38. The second-order valence-electron chi connectivity index (χ2n) is 6.60. The van der Waals surface area contributed by atoms with Gasteiger partial charge in [-0.05, 0) is 42.7 Å². The average molecular weight is 268 g/mol. The smallest absolute Gasteiger partial charge is 0.0633 e. The normalized spacial score (nSPS) is 35.5. The second kappa shape index (κ2) is 5.21. The van der Waals surface area contributed by atoms with E-state index in [2.05, 4.69) is 56.3 Å². The van der Waals surface area contributed by atoms with Crippen molar-refractivity contribution in [2.45, 2.75) is 45.6 Å². The van der Waals surface area contributed by atoms with Gasteiger partial charge >= 0.3 is 0 Å². The molecule has 1 aromatic carbocycles. The highest BCUT2D eigenvalue weighted by Gasteiger charge is 2.45. The first-order valence-electron chi connectivity index (χ1n) is 7.75. The standard InChI is InChI=1S/C19H24O/c1-14-11-16(12-15-7-4-3-5-8-15)13-17-9-6-10-18(20)19(14,17)2/h3-5,7-8,12-14,18,20H,6,9-11H2,1-2H3/b16-12+/t14-,18+,19+/m1/s1. The van der Waals surface area contributed by atoms with Gasteiger partial charge in [0, 0.05) is 5.41 Å². The van der Waals surface area contributed by atoms with Crippen LogP contribution >= 0.6 is 0 Å². The number of fused-ring (bicyclic) bond motifs is 1. The Balaban J connectivity index is 1.96. The SMILES string of the molecule is C[C@@H]1C/C(=C\c2ccccc2)C=C2CCC[C@H](O)[C@]21C. The fourth-order valence-electron chi connectivity index (χ4n) is 3.85. The highest BCUT2D eigenvalue weighted by atomic mass is 16.3. The Morgan fingerprint density at radius 2 is 2.00 bits per heavy atom. The highest BCUT2D eigenvalue weighted by molar-refractivity contribution is 5.57. The van der Waals surface area contributed by atoms with Crippen LogP contribution in [0.3, 0.4) is 0 Å². The first kappa shape index (κ1) is 13.6. The van der Waals surface area contributed by atoms with Crippen molar-refractivity contribution in [3.63, 3.8) is 0 Å². The lowest BCUT2D eigenvalue weighted by atomic mass is 9.58. The van der Waals surface area contributed by atoms with Crippen LogP contribution < -0.4 is 0 Å². The molecule has 1 nitrogen and oxygen atoms in total. The number of hydrogen-bond acceptors (Lipinski definition) is 1. The molecule has 0 aromatic heterocycles. The lowest BCUT2D eigenvalue weighted by Gasteiger charge is -2.48. The van der Waals surface area contributed by atoms with Gasteiger partial charge in [-0.15, -0.1) is 0 Å². The fourth-order valence-corrected chi connectivity index (χ4v) is 3.85. The molecule has 0 bridgehead atoms. The molecule has 1 heteroatoms. The molecule has 0 spiro atoms. The summed E-state index contributed by atoms with van der Waals surface area (Å²) in [5, 5.41) is 10.4. The van der Waals surface area contributed by atoms with Crippen LogP contribution in [-0.4, -0.2) is 11.2 Å². The number of allylic oxidation sites excluding steroid dienone is 2. The molecule has 0 heterocycles. The van der Waals surface area contributed by atoms with E-state index in [9.17, 15) is 5.11 Å². The predicted molar refractivity (Wildman–Crippen MR) is 84.2 cm³/mol. The van der Waals surface area contributed by atoms with Gasteiger partial charge in [-0.2, -0.15) is 0 Å². The van der Waals surface area contributed by atoms with Crippen molar-refractivity contribution in [2.24, 2.45) is 11.3 Å². The zero-order chi connectivity index (χ0) is 14.2. The van der Waals surface area contributed by atoms with Crippen LogP contribution in [0.2, 0.25) is 0 Å². The van der Waals surface area contributed by atoms with E-state index in [1.807, 2.05) is 0 Å². The fraction of sp³-hybridized carbons (Fsp3) is 0.474.